The molecule has 1 aliphatic carbocycles. The van der Waals surface area contributed by atoms with Crippen LogP contribution in [0.25, 0.3) is 5.69 Å². The Bertz CT molecular complexity index is 917. The van der Waals surface area contributed by atoms with Crippen molar-refractivity contribution in [1.82, 2.24) is 9.55 Å². The van der Waals surface area contributed by atoms with Crippen LogP contribution in [0.1, 0.15) is 60.9 Å². The van der Waals surface area contributed by atoms with Crippen molar-refractivity contribution in [3.8, 4) is 5.69 Å². The molecule has 0 amide bonds. The molecule has 5 heteroatoms. The minimum atomic E-state index is -0.935. The van der Waals surface area contributed by atoms with Crippen LogP contribution in [-0.4, -0.2) is 14.7 Å². The summed E-state index contributed by atoms with van der Waals surface area (Å²) in [5.74, 6) is -0.935. The molecule has 2 aromatic heterocycles. The smallest absolute Gasteiger partial charge is 0.150 e. The molecule has 0 radical (unpaired) electrons. The summed E-state index contributed by atoms with van der Waals surface area (Å²) in [6, 6.07) is 9.06. The van der Waals surface area contributed by atoms with Gasteiger partial charge < -0.3 is 9.67 Å². The molecule has 3 nitrogen and oxygen atoms in total. The zero-order chi connectivity index (χ0) is 18.8. The molecule has 140 valence electrons. The summed E-state index contributed by atoms with van der Waals surface area (Å²) in [6.45, 7) is 0. The highest BCUT2D eigenvalue weighted by molar-refractivity contribution is 5.44. The van der Waals surface area contributed by atoms with Gasteiger partial charge in [-0.2, -0.15) is 0 Å². The van der Waals surface area contributed by atoms with E-state index in [-0.39, 0.29) is 5.69 Å². The van der Waals surface area contributed by atoms with Crippen LogP contribution in [0, 0.1) is 11.6 Å². The molecule has 1 N–H and O–H groups in total. The molecule has 1 saturated carbocycles. The lowest BCUT2D eigenvalue weighted by Crippen LogP contribution is -2.14. The van der Waals surface area contributed by atoms with Gasteiger partial charge >= 0.3 is 0 Å². The predicted molar refractivity (Wildman–Crippen MR) is 99.8 cm³/mol. The largest absolute Gasteiger partial charge is 0.382 e. The SMILES string of the molecule is OC(c1cccnc1)c1c(C2CCCCC2)ccn1-c1ccc(F)cc1F. The quantitative estimate of drug-likeness (QED) is 0.680. The van der Waals surface area contributed by atoms with Gasteiger partial charge in [0.25, 0.3) is 0 Å². The van der Waals surface area contributed by atoms with Crippen molar-refractivity contribution in [1.29, 1.82) is 0 Å². The van der Waals surface area contributed by atoms with Gasteiger partial charge in [-0.3, -0.25) is 4.98 Å². The Morgan fingerprint density at radius 1 is 1.07 bits per heavy atom. The average molecular weight is 368 g/mol. The number of aliphatic hydroxyl groups excluding tert-OH is 1. The Kier molecular flexibility index (Phi) is 5.03. The van der Waals surface area contributed by atoms with Crippen LogP contribution in [0.15, 0.2) is 55.0 Å². The number of nitrogens with zero attached hydrogens (tertiary/aromatic N) is 2. The molecule has 1 unspecified atom stereocenters. The Balaban J connectivity index is 1.85. The normalized spacial score (nSPS) is 16.4. The van der Waals surface area contributed by atoms with Crippen LogP contribution in [0.3, 0.4) is 0 Å². The summed E-state index contributed by atoms with van der Waals surface area (Å²) in [5, 5.41) is 11.1. The summed E-state index contributed by atoms with van der Waals surface area (Å²) >= 11 is 0. The van der Waals surface area contributed by atoms with Crippen molar-refractivity contribution in [3.05, 3.63) is 83.4 Å². The topological polar surface area (TPSA) is 38.1 Å². The fraction of sp³-hybridized carbons (Fsp3) is 0.318. The number of pyridine rings is 1. The number of benzene rings is 1. The van der Waals surface area contributed by atoms with Gasteiger partial charge in [0, 0.05) is 30.2 Å². The molecule has 1 aliphatic rings. The van der Waals surface area contributed by atoms with Crippen LogP contribution in [0.2, 0.25) is 0 Å². The Morgan fingerprint density at radius 3 is 2.59 bits per heavy atom. The summed E-state index contributed by atoms with van der Waals surface area (Å²) in [4.78, 5) is 4.10. The number of halogens is 2. The van der Waals surface area contributed by atoms with Crippen molar-refractivity contribution in [3.63, 3.8) is 0 Å². The second kappa shape index (κ2) is 7.61. The Hall–Kier alpha value is -2.53. The Labute approximate surface area is 157 Å². The van der Waals surface area contributed by atoms with Crippen LogP contribution < -0.4 is 0 Å². The van der Waals surface area contributed by atoms with E-state index >= 15 is 0 Å². The van der Waals surface area contributed by atoms with Gasteiger partial charge in [0.15, 0.2) is 0 Å². The molecule has 0 aliphatic heterocycles. The van der Waals surface area contributed by atoms with Crippen LogP contribution in [-0.2, 0) is 0 Å². The summed E-state index contributed by atoms with van der Waals surface area (Å²) in [6.07, 6.45) is 9.76. The van der Waals surface area contributed by atoms with Crippen molar-refractivity contribution in [2.45, 2.75) is 44.1 Å². The lowest BCUT2D eigenvalue weighted by molar-refractivity contribution is 0.210. The fourth-order valence-electron chi connectivity index (χ4n) is 4.09. The highest BCUT2D eigenvalue weighted by Crippen LogP contribution is 2.39. The lowest BCUT2D eigenvalue weighted by Gasteiger charge is -2.25. The maximum absolute atomic E-state index is 14.5. The molecule has 2 heterocycles. The molecule has 0 bridgehead atoms. The minimum absolute atomic E-state index is 0.233. The molecular formula is C22H22F2N2O. The zero-order valence-electron chi connectivity index (χ0n) is 15.0. The molecule has 3 aromatic rings. The van der Waals surface area contributed by atoms with Crippen molar-refractivity contribution in [2.75, 3.05) is 0 Å². The summed E-state index contributed by atoms with van der Waals surface area (Å²) in [5.41, 5.74) is 2.56. The predicted octanol–water partition coefficient (Wildman–Crippen LogP) is 5.28. The summed E-state index contributed by atoms with van der Waals surface area (Å²) < 4.78 is 29.5. The third-order valence-electron chi connectivity index (χ3n) is 5.43. The van der Waals surface area contributed by atoms with Gasteiger partial charge in [-0.1, -0.05) is 25.3 Å². The Morgan fingerprint density at radius 2 is 1.89 bits per heavy atom. The van der Waals surface area contributed by atoms with E-state index in [1.165, 1.54) is 18.6 Å². The third-order valence-corrected chi connectivity index (χ3v) is 5.43. The first kappa shape index (κ1) is 17.9. The first-order chi connectivity index (χ1) is 13.1. The lowest BCUT2D eigenvalue weighted by atomic mass is 9.83. The highest BCUT2D eigenvalue weighted by atomic mass is 19.1. The molecule has 1 aromatic carbocycles. The zero-order valence-corrected chi connectivity index (χ0v) is 15.0. The van der Waals surface area contributed by atoms with Crippen molar-refractivity contribution < 1.29 is 13.9 Å². The molecule has 0 spiro atoms. The van der Waals surface area contributed by atoms with E-state index in [0.29, 0.717) is 17.2 Å². The van der Waals surface area contributed by atoms with Crippen LogP contribution in [0.4, 0.5) is 8.78 Å². The number of hydrogen-bond donors (Lipinski definition) is 1. The molecule has 1 atom stereocenters. The van der Waals surface area contributed by atoms with E-state index in [0.717, 1.165) is 37.3 Å². The second-order valence-electron chi connectivity index (χ2n) is 7.15. The van der Waals surface area contributed by atoms with Crippen molar-refractivity contribution in [2.24, 2.45) is 0 Å². The molecule has 1 fully saturated rings. The van der Waals surface area contributed by atoms with E-state index in [1.807, 2.05) is 6.07 Å². The number of aliphatic hydroxyl groups is 1. The maximum atomic E-state index is 14.5. The molecular weight excluding hydrogens is 346 g/mol. The number of hydrogen-bond acceptors (Lipinski definition) is 2. The second-order valence-corrected chi connectivity index (χ2v) is 7.15. The minimum Gasteiger partial charge on any atom is -0.382 e. The van der Waals surface area contributed by atoms with E-state index in [2.05, 4.69) is 4.98 Å². The van der Waals surface area contributed by atoms with E-state index in [1.54, 1.807) is 35.3 Å². The van der Waals surface area contributed by atoms with E-state index in [9.17, 15) is 13.9 Å². The van der Waals surface area contributed by atoms with Gasteiger partial charge in [0.05, 0.1) is 11.4 Å². The van der Waals surface area contributed by atoms with Gasteiger partial charge in [-0.25, -0.2) is 8.78 Å². The van der Waals surface area contributed by atoms with Crippen molar-refractivity contribution >= 4 is 0 Å². The highest BCUT2D eigenvalue weighted by Gasteiger charge is 2.27. The standard InChI is InChI=1S/C22H22F2N2O/c23-17-8-9-20(19(24)13-17)26-12-10-18(15-5-2-1-3-6-15)21(26)22(27)16-7-4-11-25-14-16/h4,7-15,22,27H,1-3,5-6H2. The third kappa shape index (κ3) is 3.52. The number of rotatable bonds is 4. The maximum Gasteiger partial charge on any atom is 0.150 e. The van der Waals surface area contributed by atoms with Gasteiger partial charge in [0.1, 0.15) is 17.7 Å². The van der Waals surface area contributed by atoms with Crippen LogP contribution in [0.5, 0.6) is 0 Å². The average Bonchev–Trinajstić information content (AvgIpc) is 3.13. The van der Waals surface area contributed by atoms with E-state index < -0.39 is 17.7 Å². The number of aromatic nitrogens is 2. The van der Waals surface area contributed by atoms with E-state index in [4.69, 9.17) is 0 Å². The fourth-order valence-corrected chi connectivity index (χ4v) is 4.09. The van der Waals surface area contributed by atoms with Crippen LogP contribution >= 0.6 is 0 Å². The molecule has 27 heavy (non-hydrogen) atoms. The van der Waals surface area contributed by atoms with Gasteiger partial charge in [-0.05, 0) is 48.6 Å². The van der Waals surface area contributed by atoms with Gasteiger partial charge in [0.2, 0.25) is 0 Å². The first-order valence-electron chi connectivity index (χ1n) is 9.39. The monoisotopic (exact) mass is 368 g/mol. The summed E-state index contributed by atoms with van der Waals surface area (Å²) in [7, 11) is 0. The van der Waals surface area contributed by atoms with Gasteiger partial charge in [-0.15, -0.1) is 0 Å². The molecule has 0 saturated heterocycles. The molecule has 4 rings (SSSR count). The first-order valence-corrected chi connectivity index (χ1v) is 9.39.